The Kier molecular flexibility index (Phi) is 4.44. The number of ether oxygens (including phenoxy) is 2. The van der Waals surface area contributed by atoms with Crippen molar-refractivity contribution in [3.8, 4) is 5.75 Å². The zero-order chi connectivity index (χ0) is 14.7. The van der Waals surface area contributed by atoms with Crippen molar-refractivity contribution in [1.29, 1.82) is 0 Å². The van der Waals surface area contributed by atoms with Crippen LogP contribution in [0.4, 0.5) is 13.2 Å². The Morgan fingerprint density at radius 2 is 1.89 bits per heavy atom. The summed E-state index contributed by atoms with van der Waals surface area (Å²) in [6.45, 7) is 4.68. The average molecular weight is 276 g/mol. The SMILES string of the molecule is CCOC(=O)C(C)(C)Oc1cccc(C(F)(F)F)c1. The monoisotopic (exact) mass is 276 g/mol. The van der Waals surface area contributed by atoms with Crippen molar-refractivity contribution < 1.29 is 27.4 Å². The number of benzene rings is 1. The van der Waals surface area contributed by atoms with E-state index in [9.17, 15) is 18.0 Å². The fourth-order valence-corrected chi connectivity index (χ4v) is 1.38. The van der Waals surface area contributed by atoms with Crippen LogP contribution in [0.3, 0.4) is 0 Å². The third-order valence-corrected chi connectivity index (χ3v) is 2.30. The van der Waals surface area contributed by atoms with Gasteiger partial charge in [-0.2, -0.15) is 13.2 Å². The van der Waals surface area contributed by atoms with Crippen LogP contribution < -0.4 is 4.74 Å². The summed E-state index contributed by atoms with van der Waals surface area (Å²) in [5, 5.41) is 0. The molecule has 106 valence electrons. The summed E-state index contributed by atoms with van der Waals surface area (Å²) in [6.07, 6.45) is -4.45. The summed E-state index contributed by atoms with van der Waals surface area (Å²) < 4.78 is 47.7. The summed E-state index contributed by atoms with van der Waals surface area (Å²) in [4.78, 5) is 11.6. The van der Waals surface area contributed by atoms with E-state index < -0.39 is 23.3 Å². The number of rotatable bonds is 4. The molecule has 0 fully saturated rings. The smallest absolute Gasteiger partial charge is 0.416 e. The van der Waals surface area contributed by atoms with Crippen LogP contribution in [0.1, 0.15) is 26.3 Å². The highest BCUT2D eigenvalue weighted by molar-refractivity contribution is 5.79. The van der Waals surface area contributed by atoms with Crippen molar-refractivity contribution in [1.82, 2.24) is 0 Å². The molecule has 0 saturated carbocycles. The van der Waals surface area contributed by atoms with Gasteiger partial charge in [-0.1, -0.05) is 6.07 Å². The number of esters is 1. The first-order valence-electron chi connectivity index (χ1n) is 5.70. The number of carbonyl (C=O) groups excluding carboxylic acids is 1. The maximum atomic E-state index is 12.5. The van der Waals surface area contributed by atoms with Gasteiger partial charge >= 0.3 is 12.1 Å². The van der Waals surface area contributed by atoms with E-state index in [4.69, 9.17) is 9.47 Å². The minimum atomic E-state index is -4.45. The van der Waals surface area contributed by atoms with E-state index in [2.05, 4.69) is 0 Å². The molecule has 0 saturated heterocycles. The van der Waals surface area contributed by atoms with Gasteiger partial charge in [-0.05, 0) is 39.0 Å². The molecule has 0 unspecified atom stereocenters. The molecule has 0 aliphatic heterocycles. The lowest BCUT2D eigenvalue weighted by molar-refractivity contribution is -0.158. The van der Waals surface area contributed by atoms with Crippen molar-refractivity contribution >= 4 is 5.97 Å². The lowest BCUT2D eigenvalue weighted by atomic mass is 10.1. The van der Waals surface area contributed by atoms with Crippen molar-refractivity contribution in [3.05, 3.63) is 29.8 Å². The summed E-state index contributed by atoms with van der Waals surface area (Å²) in [5.74, 6) is -0.666. The van der Waals surface area contributed by atoms with Crippen LogP contribution in [0.25, 0.3) is 0 Å². The number of halogens is 3. The van der Waals surface area contributed by atoms with Crippen molar-refractivity contribution in [2.24, 2.45) is 0 Å². The second-order valence-electron chi connectivity index (χ2n) is 4.36. The molecule has 0 aliphatic rings. The Labute approximate surface area is 109 Å². The molecule has 0 spiro atoms. The molecule has 0 heterocycles. The third-order valence-electron chi connectivity index (χ3n) is 2.30. The molecule has 0 aromatic heterocycles. The molecule has 19 heavy (non-hydrogen) atoms. The maximum absolute atomic E-state index is 12.5. The Morgan fingerprint density at radius 3 is 2.42 bits per heavy atom. The zero-order valence-corrected chi connectivity index (χ0v) is 10.9. The van der Waals surface area contributed by atoms with Crippen LogP contribution in [-0.2, 0) is 15.7 Å². The average Bonchev–Trinajstić information content (AvgIpc) is 2.28. The van der Waals surface area contributed by atoms with E-state index in [1.165, 1.54) is 26.0 Å². The topological polar surface area (TPSA) is 35.5 Å². The number of hydrogen-bond acceptors (Lipinski definition) is 3. The highest BCUT2D eigenvalue weighted by Crippen LogP contribution is 2.32. The van der Waals surface area contributed by atoms with E-state index in [-0.39, 0.29) is 12.4 Å². The first-order chi connectivity index (χ1) is 8.66. The van der Waals surface area contributed by atoms with Crippen LogP contribution in [0.2, 0.25) is 0 Å². The molecule has 1 aromatic carbocycles. The van der Waals surface area contributed by atoms with Gasteiger partial charge in [0.2, 0.25) is 0 Å². The summed E-state index contributed by atoms with van der Waals surface area (Å²) in [6, 6.07) is 4.36. The molecule has 0 aliphatic carbocycles. The molecule has 0 bridgehead atoms. The molecular formula is C13H15F3O3. The van der Waals surface area contributed by atoms with Crippen molar-refractivity contribution in [2.75, 3.05) is 6.61 Å². The van der Waals surface area contributed by atoms with Crippen LogP contribution in [0.15, 0.2) is 24.3 Å². The molecule has 0 radical (unpaired) electrons. The van der Waals surface area contributed by atoms with E-state index in [1.54, 1.807) is 6.92 Å². The lowest BCUT2D eigenvalue weighted by Crippen LogP contribution is -2.39. The number of carbonyl (C=O) groups is 1. The molecule has 0 atom stereocenters. The second kappa shape index (κ2) is 5.50. The van der Waals surface area contributed by atoms with Crippen LogP contribution in [-0.4, -0.2) is 18.2 Å². The number of alkyl halides is 3. The molecule has 3 nitrogen and oxygen atoms in total. The van der Waals surface area contributed by atoms with Gasteiger partial charge in [-0.3, -0.25) is 0 Å². The van der Waals surface area contributed by atoms with Gasteiger partial charge in [0.1, 0.15) is 5.75 Å². The second-order valence-corrected chi connectivity index (χ2v) is 4.36. The van der Waals surface area contributed by atoms with Gasteiger partial charge in [0.15, 0.2) is 5.60 Å². The largest absolute Gasteiger partial charge is 0.476 e. The fourth-order valence-electron chi connectivity index (χ4n) is 1.38. The first kappa shape index (κ1) is 15.3. The standard InChI is InChI=1S/C13H15F3O3/c1-4-18-11(17)12(2,3)19-10-7-5-6-9(8-10)13(14,15)16/h5-8H,4H2,1-3H3. The number of hydrogen-bond donors (Lipinski definition) is 0. The highest BCUT2D eigenvalue weighted by atomic mass is 19.4. The minimum Gasteiger partial charge on any atom is -0.476 e. The van der Waals surface area contributed by atoms with E-state index in [0.29, 0.717) is 0 Å². The maximum Gasteiger partial charge on any atom is 0.416 e. The Bertz CT molecular complexity index is 453. The molecule has 0 N–H and O–H groups in total. The van der Waals surface area contributed by atoms with E-state index >= 15 is 0 Å². The zero-order valence-electron chi connectivity index (χ0n) is 10.9. The molecule has 0 amide bonds. The van der Waals surface area contributed by atoms with Crippen LogP contribution in [0, 0.1) is 0 Å². The normalized spacial score (nSPS) is 12.1. The van der Waals surface area contributed by atoms with Gasteiger partial charge in [0.25, 0.3) is 0 Å². The Balaban J connectivity index is 2.91. The van der Waals surface area contributed by atoms with Gasteiger partial charge < -0.3 is 9.47 Å². The quantitative estimate of drug-likeness (QED) is 0.790. The summed E-state index contributed by atoms with van der Waals surface area (Å²) >= 11 is 0. The highest BCUT2D eigenvalue weighted by Gasteiger charge is 2.34. The van der Waals surface area contributed by atoms with Gasteiger partial charge in [-0.25, -0.2) is 4.79 Å². The van der Waals surface area contributed by atoms with E-state index in [1.807, 2.05) is 0 Å². The summed E-state index contributed by atoms with van der Waals surface area (Å²) in [5.41, 5.74) is -2.18. The van der Waals surface area contributed by atoms with Gasteiger partial charge in [-0.15, -0.1) is 0 Å². The predicted molar refractivity (Wildman–Crippen MR) is 62.8 cm³/mol. The first-order valence-corrected chi connectivity index (χ1v) is 5.70. The molecule has 1 aromatic rings. The Morgan fingerprint density at radius 1 is 1.26 bits per heavy atom. The van der Waals surface area contributed by atoms with Gasteiger partial charge in [0, 0.05) is 0 Å². The fraction of sp³-hybridized carbons (Fsp3) is 0.462. The van der Waals surface area contributed by atoms with Gasteiger partial charge in [0.05, 0.1) is 12.2 Å². The minimum absolute atomic E-state index is 0.0344. The third kappa shape index (κ3) is 4.15. The van der Waals surface area contributed by atoms with Crippen LogP contribution >= 0.6 is 0 Å². The predicted octanol–water partition coefficient (Wildman–Crippen LogP) is 3.43. The lowest BCUT2D eigenvalue weighted by Gasteiger charge is -2.24. The molecular weight excluding hydrogens is 261 g/mol. The van der Waals surface area contributed by atoms with Crippen LogP contribution in [0.5, 0.6) is 5.75 Å². The van der Waals surface area contributed by atoms with Crippen molar-refractivity contribution in [3.63, 3.8) is 0 Å². The summed E-state index contributed by atoms with van der Waals surface area (Å²) in [7, 11) is 0. The molecule has 1 rings (SSSR count). The van der Waals surface area contributed by atoms with Crippen molar-refractivity contribution in [2.45, 2.75) is 32.5 Å². The Hall–Kier alpha value is -1.72. The van der Waals surface area contributed by atoms with E-state index in [0.717, 1.165) is 12.1 Å². The molecule has 6 heteroatoms.